The number of nitrogens with zero attached hydrogens (tertiary/aromatic N) is 2. The minimum Gasteiger partial charge on any atom is -0.440 e. The van der Waals surface area contributed by atoms with Crippen molar-refractivity contribution in [2.24, 2.45) is 17.8 Å². The fourth-order valence-corrected chi connectivity index (χ4v) is 12.5. The fraction of sp³-hybridized carbons (Fsp3) is 0.240. The molecule has 6 aromatic carbocycles. The van der Waals surface area contributed by atoms with Crippen LogP contribution in [0.25, 0.3) is 22.1 Å². The van der Waals surface area contributed by atoms with Crippen molar-refractivity contribution in [2.75, 3.05) is 9.80 Å². The van der Waals surface area contributed by atoms with Crippen molar-refractivity contribution >= 4 is 68.4 Å². The largest absolute Gasteiger partial charge is 0.440 e. The summed E-state index contributed by atoms with van der Waals surface area (Å²) in [5.74, 6) is 3.56. The highest BCUT2D eigenvalue weighted by atomic mass is 16.4. The van der Waals surface area contributed by atoms with Crippen LogP contribution in [-0.4, -0.2) is 6.71 Å². The number of hydrogen-bond acceptors (Lipinski definition) is 3. The number of benzene rings is 6. The van der Waals surface area contributed by atoms with Crippen LogP contribution in [0.3, 0.4) is 0 Å². The maximum absolute atomic E-state index is 7.17. The molecule has 4 saturated carbocycles. The number of fused-ring (bicyclic) bond motifs is 7. The molecule has 1 aromatic heterocycles. The maximum Gasteiger partial charge on any atom is 0.257 e. The molecule has 0 spiro atoms. The van der Waals surface area contributed by atoms with Gasteiger partial charge in [-0.3, -0.25) is 4.90 Å². The number of furan rings is 1. The molecule has 14 rings (SSSR count). The molecule has 4 bridgehead atoms. The molecule has 0 radical (unpaired) electrons. The highest BCUT2D eigenvalue weighted by molar-refractivity contribution is 7.01. The Kier molecular flexibility index (Phi) is 5.99. The Bertz CT molecular complexity index is 2640. The zero-order valence-electron chi connectivity index (χ0n) is 30.5. The van der Waals surface area contributed by atoms with Crippen LogP contribution >= 0.6 is 0 Å². The van der Waals surface area contributed by atoms with Gasteiger partial charge in [0.1, 0.15) is 5.58 Å². The molecule has 0 atom stereocenters. The summed E-state index contributed by atoms with van der Waals surface area (Å²) in [7, 11) is 0. The van der Waals surface area contributed by atoms with Crippen LogP contribution in [-0.2, 0) is 18.3 Å². The zero-order chi connectivity index (χ0) is 35.1. The SMILES string of the molecule is c1ccc(-c2ccc3oc4c(c3c2)B2c3ccccc3N(c3ccc5c(c3)CC5)c3cc(C56CC7CC(CC(C7)C5)C6)cc(c32)N4c2ccccc2)cc1. The Hall–Kier alpha value is -5.48. The van der Waals surface area contributed by atoms with Gasteiger partial charge >= 0.3 is 0 Å². The molecule has 7 aromatic rings. The van der Waals surface area contributed by atoms with Crippen LogP contribution in [0, 0.1) is 17.8 Å². The number of anilines is 6. The van der Waals surface area contributed by atoms with Gasteiger partial charge in [-0.05, 0) is 168 Å². The smallest absolute Gasteiger partial charge is 0.257 e. The summed E-state index contributed by atoms with van der Waals surface area (Å²) >= 11 is 0. The van der Waals surface area contributed by atoms with E-state index in [9.17, 15) is 0 Å². The lowest BCUT2D eigenvalue weighted by Crippen LogP contribution is -2.61. The van der Waals surface area contributed by atoms with E-state index in [4.69, 9.17) is 4.42 Å². The van der Waals surface area contributed by atoms with Gasteiger partial charge in [-0.15, -0.1) is 0 Å². The van der Waals surface area contributed by atoms with E-state index < -0.39 is 0 Å². The molecule has 0 unspecified atom stereocenters. The summed E-state index contributed by atoms with van der Waals surface area (Å²) in [6.07, 6.45) is 10.7. The van der Waals surface area contributed by atoms with E-state index in [2.05, 4.69) is 143 Å². The molecular weight excluding hydrogens is 655 g/mol. The lowest BCUT2D eigenvalue weighted by Gasteiger charge is -2.57. The number of para-hydroxylation sites is 2. The normalized spacial score (nSPS) is 23.9. The summed E-state index contributed by atoms with van der Waals surface area (Å²) in [5, 5.41) is 1.20. The highest BCUT2D eigenvalue weighted by Crippen LogP contribution is 2.62. The third kappa shape index (κ3) is 4.09. The van der Waals surface area contributed by atoms with Crippen LogP contribution in [0.4, 0.5) is 34.3 Å². The van der Waals surface area contributed by atoms with E-state index in [1.165, 1.54) is 118 Å². The summed E-state index contributed by atoms with van der Waals surface area (Å²) in [6, 6.07) is 50.4. The monoisotopic (exact) mass is 696 g/mol. The fourth-order valence-electron chi connectivity index (χ4n) is 12.5. The Morgan fingerprint density at radius 1 is 0.537 bits per heavy atom. The zero-order valence-corrected chi connectivity index (χ0v) is 30.5. The van der Waals surface area contributed by atoms with Crippen molar-refractivity contribution in [1.29, 1.82) is 0 Å². The predicted octanol–water partition coefficient (Wildman–Crippen LogP) is 10.7. The second-order valence-corrected chi connectivity index (χ2v) is 17.5. The Morgan fingerprint density at radius 2 is 1.22 bits per heavy atom. The van der Waals surface area contributed by atoms with E-state index in [0.717, 1.165) is 34.9 Å². The second-order valence-electron chi connectivity index (χ2n) is 17.5. The van der Waals surface area contributed by atoms with Gasteiger partial charge < -0.3 is 9.32 Å². The Morgan fingerprint density at radius 3 is 1.94 bits per heavy atom. The second kappa shape index (κ2) is 10.8. The first-order chi connectivity index (χ1) is 26.7. The van der Waals surface area contributed by atoms with Gasteiger partial charge in [0.25, 0.3) is 6.71 Å². The predicted molar refractivity (Wildman–Crippen MR) is 223 cm³/mol. The Balaban J connectivity index is 1.13. The molecule has 54 heavy (non-hydrogen) atoms. The van der Waals surface area contributed by atoms with E-state index in [0.29, 0.717) is 0 Å². The van der Waals surface area contributed by atoms with Gasteiger partial charge in [0.15, 0.2) is 0 Å². The highest BCUT2D eigenvalue weighted by Gasteiger charge is 2.53. The molecule has 0 amide bonds. The molecule has 0 N–H and O–H groups in total. The van der Waals surface area contributed by atoms with Gasteiger partial charge in [0, 0.05) is 39.3 Å². The maximum atomic E-state index is 7.17. The van der Waals surface area contributed by atoms with Crippen molar-refractivity contribution in [1.82, 2.24) is 0 Å². The molecule has 2 aliphatic heterocycles. The van der Waals surface area contributed by atoms with Gasteiger partial charge in [-0.1, -0.05) is 78.9 Å². The average Bonchev–Trinajstić information content (AvgIpc) is 3.57. The van der Waals surface area contributed by atoms with Gasteiger partial charge in [0.05, 0.1) is 0 Å². The first-order valence-electron chi connectivity index (χ1n) is 20.3. The molecule has 260 valence electrons. The van der Waals surface area contributed by atoms with Gasteiger partial charge in [-0.25, -0.2) is 0 Å². The minimum absolute atomic E-state index is 0.0294. The van der Waals surface area contributed by atoms with E-state index in [-0.39, 0.29) is 12.1 Å². The molecule has 5 aliphatic carbocycles. The summed E-state index contributed by atoms with van der Waals surface area (Å²) < 4.78 is 7.17. The quantitative estimate of drug-likeness (QED) is 0.171. The number of aryl methyl sites for hydroxylation is 2. The molecule has 3 nitrogen and oxygen atoms in total. The minimum atomic E-state index is 0.0294. The number of hydrogen-bond donors (Lipinski definition) is 0. The standard InChI is InChI=1S/C50H41BN2O/c1-3-9-34(10-4-1)37-18-20-46-41(25-37)47-49(54-46)53(39-11-5-2-6-12-39)45-27-38(50-28-31-21-32(29-50)23-33(22-31)30-50)26-44-48(45)51(47)42-13-7-8-14-43(42)52(44)40-19-17-35-15-16-36(35)24-40/h1-14,17-20,24-27,31-33H,15-16,21-23,28-30H2. The van der Waals surface area contributed by atoms with Crippen molar-refractivity contribution in [2.45, 2.75) is 56.8 Å². The molecular formula is C50H41BN2O. The summed E-state index contributed by atoms with van der Waals surface area (Å²) in [6.45, 7) is 0.0294. The molecule has 3 heterocycles. The van der Waals surface area contributed by atoms with Crippen molar-refractivity contribution in [3.05, 3.63) is 150 Å². The third-order valence-corrected chi connectivity index (χ3v) is 14.5. The van der Waals surface area contributed by atoms with E-state index in [1.807, 2.05) is 0 Å². The van der Waals surface area contributed by atoms with Gasteiger partial charge in [0.2, 0.25) is 5.88 Å². The van der Waals surface area contributed by atoms with E-state index >= 15 is 0 Å². The average molecular weight is 697 g/mol. The van der Waals surface area contributed by atoms with Crippen molar-refractivity contribution in [3.8, 4) is 11.1 Å². The van der Waals surface area contributed by atoms with Gasteiger partial charge in [-0.2, -0.15) is 0 Å². The topological polar surface area (TPSA) is 19.6 Å². The summed E-state index contributed by atoms with van der Waals surface area (Å²) in [5.41, 5.74) is 18.5. The molecule has 4 heteroatoms. The summed E-state index contributed by atoms with van der Waals surface area (Å²) in [4.78, 5) is 5.12. The van der Waals surface area contributed by atoms with Crippen LogP contribution in [0.5, 0.6) is 0 Å². The third-order valence-electron chi connectivity index (χ3n) is 14.5. The first-order valence-corrected chi connectivity index (χ1v) is 20.3. The van der Waals surface area contributed by atoms with Crippen molar-refractivity contribution < 1.29 is 4.42 Å². The number of rotatable bonds is 4. The molecule has 0 saturated heterocycles. The molecule has 7 aliphatic rings. The lowest BCUT2D eigenvalue weighted by atomic mass is 9.33. The van der Waals surface area contributed by atoms with Crippen LogP contribution in [0.1, 0.15) is 55.2 Å². The van der Waals surface area contributed by atoms with Crippen LogP contribution in [0.2, 0.25) is 0 Å². The Labute approximate surface area is 317 Å². The van der Waals surface area contributed by atoms with E-state index in [1.54, 1.807) is 5.56 Å². The first kappa shape index (κ1) is 29.9. The lowest BCUT2D eigenvalue weighted by molar-refractivity contribution is -0.00514. The van der Waals surface area contributed by atoms with Crippen molar-refractivity contribution in [3.63, 3.8) is 0 Å². The molecule has 4 fully saturated rings. The van der Waals surface area contributed by atoms with Crippen LogP contribution < -0.4 is 26.2 Å². The van der Waals surface area contributed by atoms with Crippen LogP contribution in [0.15, 0.2) is 138 Å².